The molecule has 0 spiro atoms. The van der Waals surface area contributed by atoms with E-state index in [1.165, 1.54) is 20.3 Å². The molecule has 1 aromatic rings. The molecule has 88 valence electrons. The van der Waals surface area contributed by atoms with E-state index < -0.39 is 5.82 Å². The third-order valence-electron chi connectivity index (χ3n) is 2.86. The van der Waals surface area contributed by atoms with Gasteiger partial charge in [0.2, 0.25) is 0 Å². The first-order valence-electron chi connectivity index (χ1n) is 5.27. The molecule has 0 fully saturated rings. The molecule has 1 aliphatic carbocycles. The Morgan fingerprint density at radius 1 is 1.29 bits per heavy atom. The second-order valence-electron chi connectivity index (χ2n) is 3.72. The van der Waals surface area contributed by atoms with Crippen molar-refractivity contribution in [1.82, 2.24) is 0 Å². The number of hydrogen-bond acceptors (Lipinski definition) is 3. The van der Waals surface area contributed by atoms with E-state index in [-0.39, 0.29) is 5.75 Å². The first kappa shape index (κ1) is 11.5. The van der Waals surface area contributed by atoms with Crippen molar-refractivity contribution in [2.45, 2.75) is 12.8 Å². The van der Waals surface area contributed by atoms with Crippen molar-refractivity contribution in [1.29, 1.82) is 5.26 Å². The summed E-state index contributed by atoms with van der Waals surface area (Å²) in [5.74, 6) is -0.0139. The van der Waals surface area contributed by atoms with Gasteiger partial charge >= 0.3 is 0 Å². The minimum absolute atomic E-state index is 0.102. The Bertz CT molecular complexity index is 529. The summed E-state index contributed by atoms with van der Waals surface area (Å²) in [6.07, 6.45) is 3.29. The van der Waals surface area contributed by atoms with Crippen LogP contribution >= 0.6 is 0 Å². The number of ether oxygens (including phenoxy) is 2. The van der Waals surface area contributed by atoms with Gasteiger partial charge in [-0.1, -0.05) is 6.08 Å². The predicted octanol–water partition coefficient (Wildman–Crippen LogP) is 2.70. The Kier molecular flexibility index (Phi) is 3.01. The molecule has 0 heterocycles. The van der Waals surface area contributed by atoms with Gasteiger partial charge in [-0.25, -0.2) is 4.39 Å². The van der Waals surface area contributed by atoms with Crippen LogP contribution in [0.5, 0.6) is 11.5 Å². The van der Waals surface area contributed by atoms with E-state index in [0.717, 1.165) is 18.4 Å². The highest BCUT2D eigenvalue weighted by Gasteiger charge is 2.23. The Morgan fingerprint density at radius 3 is 2.59 bits per heavy atom. The summed E-state index contributed by atoms with van der Waals surface area (Å²) in [6.45, 7) is 0. The molecule has 0 N–H and O–H groups in total. The quantitative estimate of drug-likeness (QED) is 0.788. The molecule has 0 atom stereocenters. The molecular weight excluding hydrogens is 221 g/mol. The maximum absolute atomic E-state index is 13.8. The Balaban J connectivity index is 2.72. The molecule has 1 aliphatic rings. The molecular formula is C13H12FNO2. The number of nitriles is 1. The van der Waals surface area contributed by atoms with Gasteiger partial charge < -0.3 is 9.47 Å². The number of benzene rings is 1. The van der Waals surface area contributed by atoms with Gasteiger partial charge in [0.25, 0.3) is 0 Å². The van der Waals surface area contributed by atoms with E-state index in [9.17, 15) is 4.39 Å². The van der Waals surface area contributed by atoms with Crippen LogP contribution in [0.3, 0.4) is 0 Å². The monoisotopic (exact) mass is 233 g/mol. The van der Waals surface area contributed by atoms with Crippen molar-refractivity contribution in [3.63, 3.8) is 0 Å². The van der Waals surface area contributed by atoms with Gasteiger partial charge in [0.05, 0.1) is 25.9 Å². The van der Waals surface area contributed by atoms with Crippen LogP contribution in [-0.4, -0.2) is 14.2 Å². The second kappa shape index (κ2) is 4.46. The standard InChI is InChI=1S/C13H12FNO2/c1-16-12-9-5-3-4-8(7-15)10(9)6-11(14)13(12)17-2/h4,6H,3,5H2,1-2H3. The van der Waals surface area contributed by atoms with Crippen molar-refractivity contribution in [2.75, 3.05) is 14.2 Å². The average Bonchev–Trinajstić information content (AvgIpc) is 2.36. The molecule has 0 saturated heterocycles. The topological polar surface area (TPSA) is 42.2 Å². The number of hydrogen-bond donors (Lipinski definition) is 0. The highest BCUT2D eigenvalue weighted by molar-refractivity contribution is 5.82. The Labute approximate surface area is 99.1 Å². The summed E-state index contributed by atoms with van der Waals surface area (Å²) in [6, 6.07) is 3.41. The average molecular weight is 233 g/mol. The highest BCUT2D eigenvalue weighted by atomic mass is 19.1. The lowest BCUT2D eigenvalue weighted by Crippen LogP contribution is -2.05. The van der Waals surface area contributed by atoms with Crippen molar-refractivity contribution in [3.8, 4) is 17.6 Å². The minimum atomic E-state index is -0.508. The number of fused-ring (bicyclic) bond motifs is 1. The molecule has 0 amide bonds. The van der Waals surface area contributed by atoms with Gasteiger partial charge in [0, 0.05) is 11.1 Å². The van der Waals surface area contributed by atoms with Crippen LogP contribution in [0.15, 0.2) is 12.1 Å². The molecule has 0 unspecified atom stereocenters. The van der Waals surface area contributed by atoms with E-state index >= 15 is 0 Å². The summed E-state index contributed by atoms with van der Waals surface area (Å²) < 4.78 is 24.0. The van der Waals surface area contributed by atoms with Crippen LogP contribution in [0.2, 0.25) is 0 Å². The van der Waals surface area contributed by atoms with Crippen LogP contribution in [0.25, 0.3) is 5.57 Å². The first-order chi connectivity index (χ1) is 8.22. The molecule has 3 nitrogen and oxygen atoms in total. The molecule has 17 heavy (non-hydrogen) atoms. The fraction of sp³-hybridized carbons (Fsp3) is 0.308. The van der Waals surface area contributed by atoms with Crippen LogP contribution in [0, 0.1) is 17.1 Å². The lowest BCUT2D eigenvalue weighted by molar-refractivity contribution is 0.334. The van der Waals surface area contributed by atoms with Crippen LogP contribution in [0.4, 0.5) is 4.39 Å². The number of rotatable bonds is 2. The first-order valence-corrected chi connectivity index (χ1v) is 5.27. The smallest absolute Gasteiger partial charge is 0.197 e. The predicted molar refractivity (Wildman–Crippen MR) is 61.4 cm³/mol. The van der Waals surface area contributed by atoms with Crippen molar-refractivity contribution in [2.24, 2.45) is 0 Å². The lowest BCUT2D eigenvalue weighted by Gasteiger charge is -2.19. The SMILES string of the molecule is COc1c(F)cc2c(c1OC)CCC=C2C#N. The van der Waals surface area contributed by atoms with Crippen LogP contribution in [-0.2, 0) is 6.42 Å². The fourth-order valence-corrected chi connectivity index (χ4v) is 2.12. The lowest BCUT2D eigenvalue weighted by atomic mass is 9.90. The van der Waals surface area contributed by atoms with Gasteiger partial charge in [0.1, 0.15) is 0 Å². The molecule has 0 saturated carbocycles. The normalized spacial score (nSPS) is 13.4. The molecule has 2 rings (SSSR count). The Hall–Kier alpha value is -2.02. The fourth-order valence-electron chi connectivity index (χ4n) is 2.12. The number of allylic oxidation sites excluding steroid dienone is 2. The van der Waals surface area contributed by atoms with E-state index in [1.54, 1.807) is 0 Å². The molecule has 0 radical (unpaired) electrons. The highest BCUT2D eigenvalue weighted by Crippen LogP contribution is 2.41. The van der Waals surface area contributed by atoms with Gasteiger partial charge in [-0.2, -0.15) is 5.26 Å². The number of methoxy groups -OCH3 is 2. The summed E-state index contributed by atoms with van der Waals surface area (Å²) in [5.41, 5.74) is 1.94. The second-order valence-corrected chi connectivity index (χ2v) is 3.72. The summed E-state index contributed by atoms with van der Waals surface area (Å²) in [7, 11) is 2.87. The van der Waals surface area contributed by atoms with Gasteiger partial charge in [-0.15, -0.1) is 0 Å². The summed E-state index contributed by atoms with van der Waals surface area (Å²) in [5, 5.41) is 9.01. The molecule has 4 heteroatoms. The van der Waals surface area contributed by atoms with E-state index in [2.05, 4.69) is 6.07 Å². The van der Waals surface area contributed by atoms with Gasteiger partial charge in [-0.05, 0) is 18.9 Å². The minimum Gasteiger partial charge on any atom is -0.492 e. The zero-order chi connectivity index (χ0) is 12.4. The van der Waals surface area contributed by atoms with E-state index in [1.807, 2.05) is 6.08 Å². The largest absolute Gasteiger partial charge is 0.492 e. The third-order valence-corrected chi connectivity index (χ3v) is 2.86. The van der Waals surface area contributed by atoms with Crippen LogP contribution in [0.1, 0.15) is 17.5 Å². The van der Waals surface area contributed by atoms with Crippen molar-refractivity contribution in [3.05, 3.63) is 29.1 Å². The number of nitrogens with zero attached hydrogens (tertiary/aromatic N) is 1. The van der Waals surface area contributed by atoms with E-state index in [4.69, 9.17) is 14.7 Å². The zero-order valence-corrected chi connectivity index (χ0v) is 9.71. The van der Waals surface area contributed by atoms with Crippen molar-refractivity contribution >= 4 is 5.57 Å². The molecule has 0 aromatic heterocycles. The molecule has 0 aliphatic heterocycles. The Morgan fingerprint density at radius 2 is 2.00 bits per heavy atom. The zero-order valence-electron chi connectivity index (χ0n) is 9.71. The molecule has 0 bridgehead atoms. The number of halogens is 1. The third kappa shape index (κ3) is 1.74. The van der Waals surface area contributed by atoms with Crippen molar-refractivity contribution < 1.29 is 13.9 Å². The van der Waals surface area contributed by atoms with Crippen LogP contribution < -0.4 is 9.47 Å². The summed E-state index contributed by atoms with van der Waals surface area (Å²) >= 11 is 0. The molecule has 1 aromatic carbocycles. The van der Waals surface area contributed by atoms with Gasteiger partial charge in [0.15, 0.2) is 17.3 Å². The maximum Gasteiger partial charge on any atom is 0.197 e. The maximum atomic E-state index is 13.8. The van der Waals surface area contributed by atoms with E-state index in [0.29, 0.717) is 16.9 Å². The summed E-state index contributed by atoms with van der Waals surface area (Å²) in [4.78, 5) is 0. The van der Waals surface area contributed by atoms with Gasteiger partial charge in [-0.3, -0.25) is 0 Å².